The molecule has 17 heavy (non-hydrogen) atoms. The molecule has 1 aromatic rings. The first kappa shape index (κ1) is 13.5. The molecule has 0 spiro atoms. The van der Waals surface area contributed by atoms with Gasteiger partial charge in [0.15, 0.2) is 0 Å². The largest absolute Gasteiger partial charge is 0.427 e. The van der Waals surface area contributed by atoms with Gasteiger partial charge in [-0.05, 0) is 23.8 Å². The van der Waals surface area contributed by atoms with Gasteiger partial charge in [0.05, 0.1) is 12.2 Å². The van der Waals surface area contributed by atoms with Crippen molar-refractivity contribution < 1.29 is 27.8 Å². The van der Waals surface area contributed by atoms with Crippen LogP contribution in [0.4, 0.5) is 13.2 Å². The van der Waals surface area contributed by atoms with Crippen molar-refractivity contribution in [2.45, 2.75) is 26.1 Å². The van der Waals surface area contributed by atoms with E-state index in [1.54, 1.807) is 6.92 Å². The molecule has 0 radical (unpaired) electrons. The third-order valence-electron chi connectivity index (χ3n) is 2.07. The minimum atomic E-state index is -4.54. The molecular weight excluding hydrogens is 237 g/mol. The Morgan fingerprint density at radius 2 is 2.06 bits per heavy atom. The van der Waals surface area contributed by atoms with Gasteiger partial charge >= 0.3 is 12.1 Å². The fraction of sp³-hybridized carbons (Fsp3) is 0.364. The van der Waals surface area contributed by atoms with Crippen molar-refractivity contribution in [2.24, 2.45) is 0 Å². The number of rotatable bonds is 3. The minimum Gasteiger partial charge on any atom is -0.427 e. The summed E-state index contributed by atoms with van der Waals surface area (Å²) < 4.78 is 42.2. The smallest absolute Gasteiger partial charge is 0.416 e. The summed E-state index contributed by atoms with van der Waals surface area (Å²) in [7, 11) is 0. The van der Waals surface area contributed by atoms with Gasteiger partial charge in [-0.3, -0.25) is 4.79 Å². The van der Waals surface area contributed by atoms with E-state index in [0.29, 0.717) is 0 Å². The van der Waals surface area contributed by atoms with Crippen LogP contribution in [0.1, 0.15) is 24.5 Å². The number of alkyl halides is 3. The monoisotopic (exact) mass is 248 g/mol. The summed E-state index contributed by atoms with van der Waals surface area (Å²) in [6.07, 6.45) is -4.42. The molecule has 1 N–H and O–H groups in total. The van der Waals surface area contributed by atoms with Gasteiger partial charge in [0.1, 0.15) is 5.75 Å². The number of carbonyl (C=O) groups excluding carboxylic acids is 1. The Morgan fingerprint density at radius 1 is 1.41 bits per heavy atom. The van der Waals surface area contributed by atoms with Crippen molar-refractivity contribution in [3.8, 4) is 5.75 Å². The average molecular weight is 248 g/mol. The van der Waals surface area contributed by atoms with E-state index in [4.69, 9.17) is 9.84 Å². The lowest BCUT2D eigenvalue weighted by Gasteiger charge is -2.12. The number of hydrogen-bond donors (Lipinski definition) is 1. The van der Waals surface area contributed by atoms with Gasteiger partial charge in [-0.2, -0.15) is 13.2 Å². The highest BCUT2D eigenvalue weighted by Crippen LogP contribution is 2.33. The Bertz CT molecular complexity index is 413. The summed E-state index contributed by atoms with van der Waals surface area (Å²) in [4.78, 5) is 11.0. The van der Waals surface area contributed by atoms with E-state index in [-0.39, 0.29) is 17.7 Å². The molecule has 6 heteroatoms. The summed E-state index contributed by atoms with van der Waals surface area (Å²) in [5.74, 6) is -0.553. The Kier molecular flexibility index (Phi) is 4.11. The van der Waals surface area contributed by atoms with Crippen LogP contribution in [-0.4, -0.2) is 11.1 Å². The normalized spacial score (nSPS) is 11.4. The number of hydrogen-bond acceptors (Lipinski definition) is 3. The highest BCUT2D eigenvalue weighted by molar-refractivity contribution is 5.72. The second-order valence-corrected chi connectivity index (χ2v) is 3.30. The number of aliphatic hydroxyl groups excluding tert-OH is 1. The van der Waals surface area contributed by atoms with E-state index in [1.165, 1.54) is 0 Å². The SMILES string of the molecule is CCC(=O)Oc1ccc(C(F)(F)F)c(CO)c1. The molecule has 0 fully saturated rings. The zero-order valence-electron chi connectivity index (χ0n) is 9.04. The fourth-order valence-electron chi connectivity index (χ4n) is 1.24. The highest BCUT2D eigenvalue weighted by Gasteiger charge is 2.33. The number of carbonyl (C=O) groups is 1. The summed E-state index contributed by atoms with van der Waals surface area (Å²) in [6.45, 7) is 0.797. The van der Waals surface area contributed by atoms with Crippen LogP contribution < -0.4 is 4.74 Å². The predicted octanol–water partition coefficient (Wildman–Crippen LogP) is 2.51. The summed E-state index contributed by atoms with van der Waals surface area (Å²) in [6, 6.07) is 2.84. The maximum atomic E-state index is 12.5. The number of aliphatic hydroxyl groups is 1. The van der Waals surface area contributed by atoms with Crippen LogP contribution in [0.3, 0.4) is 0 Å². The molecule has 3 nitrogen and oxygen atoms in total. The Balaban J connectivity index is 3.05. The molecule has 1 aromatic carbocycles. The van der Waals surface area contributed by atoms with Crippen molar-refractivity contribution in [3.63, 3.8) is 0 Å². The Morgan fingerprint density at radius 3 is 2.53 bits per heavy atom. The van der Waals surface area contributed by atoms with Gasteiger partial charge in [-0.1, -0.05) is 6.92 Å². The second-order valence-electron chi connectivity index (χ2n) is 3.30. The Labute approximate surface area is 95.8 Å². The third kappa shape index (κ3) is 3.45. The molecule has 0 aromatic heterocycles. The summed E-state index contributed by atoms with van der Waals surface area (Å²) in [5, 5.41) is 8.86. The molecule has 0 unspecified atom stereocenters. The quantitative estimate of drug-likeness (QED) is 0.660. The number of halogens is 3. The fourth-order valence-corrected chi connectivity index (χ4v) is 1.24. The molecule has 0 aliphatic heterocycles. The lowest BCUT2D eigenvalue weighted by molar-refractivity contribution is -0.138. The van der Waals surface area contributed by atoms with Crippen molar-refractivity contribution >= 4 is 5.97 Å². The molecule has 0 bridgehead atoms. The van der Waals surface area contributed by atoms with Crippen molar-refractivity contribution in [1.82, 2.24) is 0 Å². The van der Waals surface area contributed by atoms with Gasteiger partial charge in [0.25, 0.3) is 0 Å². The first-order valence-corrected chi connectivity index (χ1v) is 4.90. The van der Waals surface area contributed by atoms with Crippen LogP contribution in [0, 0.1) is 0 Å². The van der Waals surface area contributed by atoms with Crippen LogP contribution in [0.25, 0.3) is 0 Å². The first-order chi connectivity index (χ1) is 7.88. The molecule has 0 saturated carbocycles. The van der Waals surface area contributed by atoms with E-state index in [1.807, 2.05) is 0 Å². The molecular formula is C11H11F3O3. The second kappa shape index (κ2) is 5.18. The molecule has 94 valence electrons. The molecule has 0 heterocycles. The van der Waals surface area contributed by atoms with E-state index in [2.05, 4.69) is 0 Å². The zero-order chi connectivity index (χ0) is 13.1. The number of benzene rings is 1. The number of ether oxygens (including phenoxy) is 1. The highest BCUT2D eigenvalue weighted by atomic mass is 19.4. The molecule has 0 aliphatic rings. The lowest BCUT2D eigenvalue weighted by Crippen LogP contribution is -2.11. The van der Waals surface area contributed by atoms with Crippen LogP contribution in [-0.2, 0) is 17.6 Å². The van der Waals surface area contributed by atoms with E-state index < -0.39 is 24.3 Å². The van der Waals surface area contributed by atoms with Crippen molar-refractivity contribution in [3.05, 3.63) is 29.3 Å². The van der Waals surface area contributed by atoms with Gasteiger partial charge in [0.2, 0.25) is 0 Å². The third-order valence-corrected chi connectivity index (χ3v) is 2.07. The van der Waals surface area contributed by atoms with E-state index >= 15 is 0 Å². The summed E-state index contributed by atoms with van der Waals surface area (Å²) in [5.41, 5.74) is -1.25. The summed E-state index contributed by atoms with van der Waals surface area (Å²) >= 11 is 0. The Hall–Kier alpha value is -1.56. The van der Waals surface area contributed by atoms with Crippen LogP contribution in [0.5, 0.6) is 5.75 Å². The van der Waals surface area contributed by atoms with E-state index in [9.17, 15) is 18.0 Å². The van der Waals surface area contributed by atoms with Gasteiger partial charge < -0.3 is 9.84 Å². The van der Waals surface area contributed by atoms with Crippen molar-refractivity contribution in [1.29, 1.82) is 0 Å². The maximum absolute atomic E-state index is 12.5. The van der Waals surface area contributed by atoms with Gasteiger partial charge in [0, 0.05) is 6.42 Å². The lowest BCUT2D eigenvalue weighted by atomic mass is 10.1. The van der Waals surface area contributed by atoms with Gasteiger partial charge in [-0.25, -0.2) is 0 Å². The topological polar surface area (TPSA) is 46.5 Å². The van der Waals surface area contributed by atoms with Crippen LogP contribution >= 0.6 is 0 Å². The molecule has 0 atom stereocenters. The average Bonchev–Trinajstić information content (AvgIpc) is 2.27. The molecule has 0 amide bonds. The maximum Gasteiger partial charge on any atom is 0.416 e. The molecule has 0 saturated heterocycles. The first-order valence-electron chi connectivity index (χ1n) is 4.90. The van der Waals surface area contributed by atoms with Gasteiger partial charge in [-0.15, -0.1) is 0 Å². The predicted molar refractivity (Wildman–Crippen MR) is 53.3 cm³/mol. The standard InChI is InChI=1S/C11H11F3O3/c1-2-10(16)17-8-3-4-9(11(12,13)14)7(5-8)6-15/h3-5,15H,2,6H2,1H3. The minimum absolute atomic E-state index is 0.00565. The number of esters is 1. The van der Waals surface area contributed by atoms with Crippen LogP contribution in [0.2, 0.25) is 0 Å². The molecule has 1 rings (SSSR count). The van der Waals surface area contributed by atoms with Crippen molar-refractivity contribution in [2.75, 3.05) is 0 Å². The van der Waals surface area contributed by atoms with Crippen LogP contribution in [0.15, 0.2) is 18.2 Å². The van der Waals surface area contributed by atoms with E-state index in [0.717, 1.165) is 18.2 Å². The zero-order valence-corrected chi connectivity index (χ0v) is 9.04. The molecule has 0 aliphatic carbocycles.